The summed E-state index contributed by atoms with van der Waals surface area (Å²) in [7, 11) is 1.53. The van der Waals surface area contributed by atoms with Crippen LogP contribution in [-0.2, 0) is 6.54 Å². The minimum atomic E-state index is 0.277. The van der Waals surface area contributed by atoms with E-state index < -0.39 is 0 Å². The lowest BCUT2D eigenvalue weighted by atomic mass is 10.4. The van der Waals surface area contributed by atoms with Crippen molar-refractivity contribution in [2.24, 2.45) is 0 Å². The van der Waals surface area contributed by atoms with Crippen molar-refractivity contribution >= 4 is 0 Å². The molecule has 4 nitrogen and oxygen atoms in total. The van der Waals surface area contributed by atoms with Crippen molar-refractivity contribution in [2.75, 3.05) is 7.11 Å². The molecule has 0 saturated heterocycles. The summed E-state index contributed by atoms with van der Waals surface area (Å²) in [5.74, 6) is 0.499. The highest BCUT2D eigenvalue weighted by molar-refractivity contribution is 5.14. The zero-order valence-electron chi connectivity index (χ0n) is 6.11. The maximum atomic E-state index is 6.59. The first-order valence-electron chi connectivity index (χ1n) is 3.05. The first-order valence-corrected chi connectivity index (χ1v) is 3.05. The zero-order chi connectivity index (χ0) is 8.10. The van der Waals surface area contributed by atoms with E-state index >= 15 is 0 Å². The van der Waals surface area contributed by atoms with Crippen LogP contribution in [0.4, 0.5) is 0 Å². The molecular weight excluding hydrogens is 142 g/mol. The van der Waals surface area contributed by atoms with Crippen LogP contribution in [0.25, 0.3) is 4.85 Å². The van der Waals surface area contributed by atoms with Gasteiger partial charge < -0.3 is 9.58 Å². The largest absolute Gasteiger partial charge is 0.481 e. The summed E-state index contributed by atoms with van der Waals surface area (Å²) in [6.45, 7) is 6.87. The van der Waals surface area contributed by atoms with E-state index in [9.17, 15) is 0 Å². The van der Waals surface area contributed by atoms with Gasteiger partial charge in [-0.1, -0.05) is 0 Å². The number of hydrogen-bond acceptors (Lipinski definition) is 3. The number of nitrogens with zero attached hydrogens (tertiary/aromatic N) is 3. The topological polar surface area (TPSA) is 39.4 Å². The fourth-order valence-corrected chi connectivity index (χ4v) is 0.656. The minimum Gasteiger partial charge on any atom is -0.481 e. The smallest absolute Gasteiger partial charge is 0.256 e. The highest BCUT2D eigenvalue weighted by atomic mass is 16.5. The molecule has 0 saturated carbocycles. The van der Waals surface area contributed by atoms with Crippen molar-refractivity contribution in [2.45, 2.75) is 6.54 Å². The van der Waals surface area contributed by atoms with E-state index in [0.717, 1.165) is 0 Å². The maximum Gasteiger partial charge on any atom is 0.256 e. The molecule has 0 aliphatic carbocycles. The van der Waals surface area contributed by atoms with Gasteiger partial charge in [0.2, 0.25) is 5.88 Å². The molecule has 56 valence electrons. The van der Waals surface area contributed by atoms with E-state index in [0.29, 0.717) is 11.6 Å². The van der Waals surface area contributed by atoms with Crippen LogP contribution in [0, 0.1) is 6.57 Å². The monoisotopic (exact) mass is 149 g/mol. The SMILES string of the molecule is [C-]#[N+]Cc1cc(OC)ncn1. The number of ether oxygens (including phenoxy) is 1. The van der Waals surface area contributed by atoms with Crippen molar-refractivity contribution in [3.63, 3.8) is 0 Å². The first-order chi connectivity index (χ1) is 5.36. The van der Waals surface area contributed by atoms with Gasteiger partial charge in [-0.2, -0.15) is 0 Å². The minimum absolute atomic E-state index is 0.277. The van der Waals surface area contributed by atoms with Crippen LogP contribution in [0.2, 0.25) is 0 Å². The molecule has 0 spiro atoms. The molecule has 0 atom stereocenters. The lowest BCUT2D eigenvalue weighted by molar-refractivity contribution is 0.396. The Morgan fingerprint density at radius 2 is 2.45 bits per heavy atom. The molecule has 0 radical (unpaired) electrons. The number of aromatic nitrogens is 2. The zero-order valence-corrected chi connectivity index (χ0v) is 6.11. The van der Waals surface area contributed by atoms with Gasteiger partial charge in [0.25, 0.3) is 6.54 Å². The molecule has 0 aliphatic heterocycles. The molecular formula is C7H7N3O. The van der Waals surface area contributed by atoms with Gasteiger partial charge in [-0.05, 0) is 0 Å². The standard InChI is InChI=1S/C7H7N3O/c1-8-4-6-3-7(11-2)10-5-9-6/h3,5H,4H2,2H3. The van der Waals surface area contributed by atoms with Crippen molar-refractivity contribution in [3.8, 4) is 5.88 Å². The van der Waals surface area contributed by atoms with Crippen LogP contribution < -0.4 is 4.74 Å². The summed E-state index contributed by atoms with van der Waals surface area (Å²) in [5, 5.41) is 0. The molecule has 1 aromatic rings. The van der Waals surface area contributed by atoms with Gasteiger partial charge in [0.15, 0.2) is 0 Å². The Morgan fingerprint density at radius 3 is 3.09 bits per heavy atom. The highest BCUT2D eigenvalue weighted by Gasteiger charge is 1.98. The lowest BCUT2D eigenvalue weighted by Gasteiger charge is -1.96. The normalized spacial score (nSPS) is 8.73. The van der Waals surface area contributed by atoms with Gasteiger partial charge in [0.05, 0.1) is 7.11 Å². The van der Waals surface area contributed by atoms with Gasteiger partial charge in [-0.3, -0.25) is 0 Å². The second kappa shape index (κ2) is 3.52. The van der Waals surface area contributed by atoms with E-state index in [1.807, 2.05) is 0 Å². The van der Waals surface area contributed by atoms with Crippen LogP contribution in [-0.4, -0.2) is 17.1 Å². The van der Waals surface area contributed by atoms with E-state index in [1.54, 1.807) is 6.07 Å². The predicted octanol–water partition coefficient (Wildman–Crippen LogP) is 0.904. The number of hydrogen-bond donors (Lipinski definition) is 0. The Morgan fingerprint density at radius 1 is 1.64 bits per heavy atom. The first kappa shape index (κ1) is 7.48. The van der Waals surface area contributed by atoms with Crippen molar-refractivity contribution in [1.82, 2.24) is 9.97 Å². The van der Waals surface area contributed by atoms with Gasteiger partial charge in [0.1, 0.15) is 12.0 Å². The van der Waals surface area contributed by atoms with Crippen LogP contribution in [0.5, 0.6) is 5.88 Å². The summed E-state index contributed by atoms with van der Waals surface area (Å²) in [4.78, 5) is 10.9. The third-order valence-corrected chi connectivity index (χ3v) is 1.15. The fourth-order valence-electron chi connectivity index (χ4n) is 0.656. The van der Waals surface area contributed by atoms with Crippen molar-refractivity contribution < 1.29 is 4.74 Å². The molecule has 4 heteroatoms. The molecule has 0 N–H and O–H groups in total. The van der Waals surface area contributed by atoms with Crippen molar-refractivity contribution in [1.29, 1.82) is 0 Å². The fraction of sp³-hybridized carbons (Fsp3) is 0.286. The molecule has 0 aromatic carbocycles. The summed E-state index contributed by atoms with van der Waals surface area (Å²) in [6, 6.07) is 1.65. The second-order valence-electron chi connectivity index (χ2n) is 1.87. The van der Waals surface area contributed by atoms with Crippen LogP contribution >= 0.6 is 0 Å². The Labute approximate surface area is 64.7 Å². The summed E-state index contributed by atoms with van der Waals surface area (Å²) in [6.07, 6.45) is 1.39. The van der Waals surface area contributed by atoms with Gasteiger partial charge in [-0.15, -0.1) is 0 Å². The average Bonchev–Trinajstić information content (AvgIpc) is 2.06. The van der Waals surface area contributed by atoms with E-state index in [2.05, 4.69) is 14.8 Å². The molecule has 0 amide bonds. The van der Waals surface area contributed by atoms with E-state index in [4.69, 9.17) is 11.3 Å². The van der Waals surface area contributed by atoms with Gasteiger partial charge >= 0.3 is 0 Å². The molecule has 0 bridgehead atoms. The van der Waals surface area contributed by atoms with E-state index in [1.165, 1.54) is 13.4 Å². The van der Waals surface area contributed by atoms with Crippen LogP contribution in [0.1, 0.15) is 5.69 Å². The Balaban J connectivity index is 2.84. The molecule has 0 unspecified atom stereocenters. The summed E-state index contributed by atoms with van der Waals surface area (Å²) >= 11 is 0. The Bertz CT molecular complexity index is 279. The number of rotatable bonds is 2. The Kier molecular flexibility index (Phi) is 2.39. The maximum absolute atomic E-state index is 6.59. The highest BCUT2D eigenvalue weighted by Crippen LogP contribution is 2.05. The molecule has 1 rings (SSSR count). The predicted molar refractivity (Wildman–Crippen MR) is 38.9 cm³/mol. The summed E-state index contributed by atoms with van der Waals surface area (Å²) < 4.78 is 4.85. The van der Waals surface area contributed by atoms with Crippen molar-refractivity contribution in [3.05, 3.63) is 29.5 Å². The second-order valence-corrected chi connectivity index (χ2v) is 1.87. The third-order valence-electron chi connectivity index (χ3n) is 1.15. The third kappa shape index (κ3) is 1.90. The van der Waals surface area contributed by atoms with Crippen LogP contribution in [0.15, 0.2) is 12.4 Å². The average molecular weight is 149 g/mol. The molecule has 1 aromatic heterocycles. The number of methoxy groups -OCH3 is 1. The Hall–Kier alpha value is -1.63. The molecule has 1 heterocycles. The van der Waals surface area contributed by atoms with E-state index in [-0.39, 0.29) is 6.54 Å². The van der Waals surface area contributed by atoms with Gasteiger partial charge in [-0.25, -0.2) is 16.5 Å². The molecule has 11 heavy (non-hydrogen) atoms. The quantitative estimate of drug-likeness (QED) is 0.586. The summed E-state index contributed by atoms with van der Waals surface area (Å²) in [5.41, 5.74) is 0.687. The van der Waals surface area contributed by atoms with Gasteiger partial charge in [0, 0.05) is 6.07 Å². The lowest BCUT2D eigenvalue weighted by Crippen LogP contribution is -1.92. The molecule has 0 fully saturated rings. The van der Waals surface area contributed by atoms with Crippen LogP contribution in [0.3, 0.4) is 0 Å². The molecule has 0 aliphatic rings.